The topological polar surface area (TPSA) is 58.1 Å². The first-order valence-electron chi connectivity index (χ1n) is 9.78. The average molecular weight is 381 g/mol. The Bertz CT molecular complexity index is 526. The molecule has 2 fully saturated rings. The van der Waals surface area contributed by atoms with E-state index in [1.165, 1.54) is 30.8 Å². The van der Waals surface area contributed by atoms with Gasteiger partial charge in [-0.05, 0) is 50.2 Å². The van der Waals surface area contributed by atoms with E-state index in [0.717, 1.165) is 51.7 Å². The number of aliphatic imine (C=N–C) groups is 1. The molecule has 146 valence electrons. The minimum atomic E-state index is 0.291. The summed E-state index contributed by atoms with van der Waals surface area (Å²) in [5.74, 6) is 0.870. The predicted molar refractivity (Wildman–Crippen MR) is 107 cm³/mol. The Kier molecular flexibility index (Phi) is 8.20. The minimum Gasteiger partial charge on any atom is -0.379 e. The quantitative estimate of drug-likeness (QED) is 0.391. The van der Waals surface area contributed by atoms with Crippen LogP contribution in [0.4, 0.5) is 0 Å². The summed E-state index contributed by atoms with van der Waals surface area (Å²) in [6.07, 6.45) is 4.90. The van der Waals surface area contributed by atoms with Gasteiger partial charge in [-0.2, -0.15) is 0 Å². The number of ether oxygens (including phenoxy) is 2. The lowest BCUT2D eigenvalue weighted by atomic mass is 10.2. The van der Waals surface area contributed by atoms with Crippen molar-refractivity contribution in [3.05, 3.63) is 22.4 Å². The molecule has 1 aromatic rings. The number of thiophene rings is 1. The third kappa shape index (κ3) is 5.94. The number of nitrogens with one attached hydrogen (secondary N) is 2. The summed E-state index contributed by atoms with van der Waals surface area (Å²) in [6.45, 7) is 6.48. The van der Waals surface area contributed by atoms with Crippen molar-refractivity contribution < 1.29 is 9.47 Å². The summed E-state index contributed by atoms with van der Waals surface area (Å²) < 4.78 is 11.1. The van der Waals surface area contributed by atoms with Gasteiger partial charge in [0.05, 0.1) is 18.8 Å². The zero-order valence-corrected chi connectivity index (χ0v) is 16.6. The Labute approximate surface area is 161 Å². The van der Waals surface area contributed by atoms with E-state index in [0.29, 0.717) is 12.1 Å². The van der Waals surface area contributed by atoms with Gasteiger partial charge in [0.15, 0.2) is 5.96 Å². The predicted octanol–water partition coefficient (Wildman–Crippen LogP) is 2.25. The Morgan fingerprint density at radius 2 is 2.31 bits per heavy atom. The SMILES string of the molecule is CN=C(NCCCOC1CCOC1)NCC(c1cccs1)N1CCCC1. The highest BCUT2D eigenvalue weighted by Gasteiger charge is 2.24. The molecule has 1 aromatic heterocycles. The van der Waals surface area contributed by atoms with E-state index in [1.807, 2.05) is 18.4 Å². The Hall–Kier alpha value is -1.15. The van der Waals surface area contributed by atoms with E-state index < -0.39 is 0 Å². The lowest BCUT2D eigenvalue weighted by Crippen LogP contribution is -2.43. The van der Waals surface area contributed by atoms with E-state index in [9.17, 15) is 0 Å². The Balaban J connectivity index is 1.37. The van der Waals surface area contributed by atoms with Crippen molar-refractivity contribution in [1.82, 2.24) is 15.5 Å². The molecule has 3 rings (SSSR count). The van der Waals surface area contributed by atoms with Crippen molar-refractivity contribution in [2.24, 2.45) is 4.99 Å². The zero-order valence-electron chi connectivity index (χ0n) is 15.8. The first-order chi connectivity index (χ1) is 12.9. The second-order valence-electron chi connectivity index (χ2n) is 6.86. The number of rotatable bonds is 9. The van der Waals surface area contributed by atoms with Crippen LogP contribution in [-0.4, -0.2) is 70.0 Å². The van der Waals surface area contributed by atoms with Crippen LogP contribution < -0.4 is 10.6 Å². The molecule has 2 aliphatic heterocycles. The van der Waals surface area contributed by atoms with Gasteiger partial charge in [0.25, 0.3) is 0 Å². The normalized spacial score (nSPS) is 22.7. The van der Waals surface area contributed by atoms with Gasteiger partial charge in [-0.1, -0.05) is 6.07 Å². The molecule has 2 N–H and O–H groups in total. The van der Waals surface area contributed by atoms with E-state index in [-0.39, 0.29) is 0 Å². The van der Waals surface area contributed by atoms with Crippen molar-refractivity contribution in [3.63, 3.8) is 0 Å². The van der Waals surface area contributed by atoms with Crippen molar-refractivity contribution in [1.29, 1.82) is 0 Å². The van der Waals surface area contributed by atoms with Gasteiger partial charge in [-0.15, -0.1) is 11.3 Å². The van der Waals surface area contributed by atoms with Crippen LogP contribution in [0, 0.1) is 0 Å². The van der Waals surface area contributed by atoms with Crippen LogP contribution in [0.15, 0.2) is 22.5 Å². The maximum Gasteiger partial charge on any atom is 0.191 e. The lowest BCUT2D eigenvalue weighted by molar-refractivity contribution is 0.0420. The smallest absolute Gasteiger partial charge is 0.191 e. The third-order valence-electron chi connectivity index (χ3n) is 4.99. The summed E-state index contributed by atoms with van der Waals surface area (Å²) in [7, 11) is 1.83. The molecule has 0 amide bonds. The van der Waals surface area contributed by atoms with E-state index >= 15 is 0 Å². The molecule has 26 heavy (non-hydrogen) atoms. The molecular weight excluding hydrogens is 348 g/mol. The first kappa shape index (κ1) is 19.6. The number of hydrogen-bond donors (Lipinski definition) is 2. The fraction of sp³-hybridized carbons (Fsp3) is 0.737. The average Bonchev–Trinajstić information content (AvgIpc) is 3.43. The van der Waals surface area contributed by atoms with Crippen LogP contribution in [0.5, 0.6) is 0 Å². The number of guanidine groups is 1. The maximum atomic E-state index is 5.80. The van der Waals surface area contributed by atoms with Crippen molar-refractivity contribution >= 4 is 17.3 Å². The monoisotopic (exact) mass is 380 g/mol. The largest absolute Gasteiger partial charge is 0.379 e. The van der Waals surface area contributed by atoms with Gasteiger partial charge < -0.3 is 20.1 Å². The molecule has 2 atom stereocenters. The molecule has 2 unspecified atom stereocenters. The molecule has 0 radical (unpaired) electrons. The van der Waals surface area contributed by atoms with E-state index in [2.05, 4.69) is 38.0 Å². The molecule has 0 aromatic carbocycles. The van der Waals surface area contributed by atoms with Gasteiger partial charge in [-0.25, -0.2) is 0 Å². The molecule has 2 aliphatic rings. The number of likely N-dealkylation sites (tertiary alicyclic amines) is 1. The van der Waals surface area contributed by atoms with E-state index in [1.54, 1.807) is 0 Å². The first-order valence-corrected chi connectivity index (χ1v) is 10.7. The second-order valence-corrected chi connectivity index (χ2v) is 7.84. The number of nitrogens with zero attached hydrogens (tertiary/aromatic N) is 2. The lowest BCUT2D eigenvalue weighted by Gasteiger charge is -2.27. The Morgan fingerprint density at radius 3 is 3.00 bits per heavy atom. The van der Waals surface area contributed by atoms with Crippen LogP contribution in [0.1, 0.15) is 36.6 Å². The van der Waals surface area contributed by atoms with Gasteiger partial charge in [0.1, 0.15) is 0 Å². The number of hydrogen-bond acceptors (Lipinski definition) is 5. The molecule has 0 spiro atoms. The third-order valence-corrected chi connectivity index (χ3v) is 5.97. The van der Waals surface area contributed by atoms with Gasteiger partial charge in [0, 0.05) is 38.2 Å². The zero-order chi connectivity index (χ0) is 18.0. The van der Waals surface area contributed by atoms with Crippen LogP contribution >= 0.6 is 11.3 Å². The highest BCUT2D eigenvalue weighted by molar-refractivity contribution is 7.10. The fourth-order valence-electron chi connectivity index (χ4n) is 3.53. The fourth-order valence-corrected chi connectivity index (χ4v) is 4.39. The van der Waals surface area contributed by atoms with Crippen LogP contribution in [0.25, 0.3) is 0 Å². The standard InChI is InChI=1S/C19H32N4O2S/c1-20-19(21-8-5-11-25-16-7-12-24-15-16)22-14-17(18-6-4-13-26-18)23-9-2-3-10-23/h4,6,13,16-17H,2-3,5,7-12,14-15H2,1H3,(H2,20,21,22). The molecule has 6 nitrogen and oxygen atoms in total. The van der Waals surface area contributed by atoms with Crippen molar-refractivity contribution in [2.75, 3.05) is 53.0 Å². The van der Waals surface area contributed by atoms with Crippen molar-refractivity contribution in [2.45, 2.75) is 37.8 Å². The molecule has 7 heteroatoms. The van der Waals surface area contributed by atoms with Gasteiger partial charge >= 0.3 is 0 Å². The maximum absolute atomic E-state index is 5.80. The highest BCUT2D eigenvalue weighted by atomic mass is 32.1. The molecule has 0 bridgehead atoms. The van der Waals surface area contributed by atoms with Crippen molar-refractivity contribution in [3.8, 4) is 0 Å². The van der Waals surface area contributed by atoms with Crippen LogP contribution in [-0.2, 0) is 9.47 Å². The molecule has 2 saturated heterocycles. The summed E-state index contributed by atoms with van der Waals surface area (Å²) in [4.78, 5) is 8.38. The van der Waals surface area contributed by atoms with Crippen LogP contribution in [0.3, 0.4) is 0 Å². The van der Waals surface area contributed by atoms with Gasteiger partial charge in [-0.3, -0.25) is 9.89 Å². The summed E-state index contributed by atoms with van der Waals surface area (Å²) in [6, 6.07) is 4.82. The molecule has 3 heterocycles. The highest BCUT2D eigenvalue weighted by Crippen LogP contribution is 2.27. The summed E-state index contributed by atoms with van der Waals surface area (Å²) >= 11 is 1.84. The molecule has 0 aliphatic carbocycles. The molecule has 0 saturated carbocycles. The van der Waals surface area contributed by atoms with Gasteiger partial charge in [0.2, 0.25) is 0 Å². The van der Waals surface area contributed by atoms with E-state index in [4.69, 9.17) is 9.47 Å². The second kappa shape index (κ2) is 10.9. The summed E-state index contributed by atoms with van der Waals surface area (Å²) in [5, 5.41) is 9.08. The minimum absolute atomic E-state index is 0.291. The Morgan fingerprint density at radius 1 is 1.42 bits per heavy atom. The molecular formula is C19H32N4O2S. The summed E-state index contributed by atoms with van der Waals surface area (Å²) in [5.41, 5.74) is 0. The van der Waals surface area contributed by atoms with Crippen LogP contribution in [0.2, 0.25) is 0 Å².